The molecule has 2 N–H and O–H groups in total. The number of nitrogens with zero attached hydrogens (tertiary/aromatic N) is 1. The summed E-state index contributed by atoms with van der Waals surface area (Å²) in [7, 11) is 0. The quantitative estimate of drug-likeness (QED) is 0.905. The van der Waals surface area contributed by atoms with E-state index in [1.807, 2.05) is 36.4 Å². The summed E-state index contributed by atoms with van der Waals surface area (Å²) in [6, 6.07) is 12.7. The van der Waals surface area contributed by atoms with Gasteiger partial charge in [0.2, 0.25) is 11.8 Å². The van der Waals surface area contributed by atoms with Crippen molar-refractivity contribution in [2.24, 2.45) is 0 Å². The van der Waals surface area contributed by atoms with Gasteiger partial charge in [0, 0.05) is 18.0 Å². The summed E-state index contributed by atoms with van der Waals surface area (Å²) < 4.78 is 5.60. The lowest BCUT2D eigenvalue weighted by Crippen LogP contribution is -2.35. The molecule has 1 aliphatic heterocycles. The minimum absolute atomic E-state index is 0.0193. The molecule has 21 heavy (non-hydrogen) atoms. The molecule has 1 fully saturated rings. The van der Waals surface area contributed by atoms with Gasteiger partial charge in [0.05, 0.1) is 6.04 Å². The van der Waals surface area contributed by atoms with Crippen LogP contribution in [0.3, 0.4) is 0 Å². The Kier molecular flexibility index (Phi) is 4.12. The van der Waals surface area contributed by atoms with Crippen LogP contribution in [0.5, 0.6) is 11.6 Å². The van der Waals surface area contributed by atoms with E-state index in [4.69, 9.17) is 4.74 Å². The van der Waals surface area contributed by atoms with Gasteiger partial charge in [-0.15, -0.1) is 0 Å². The monoisotopic (exact) mass is 283 g/mol. The van der Waals surface area contributed by atoms with Crippen LogP contribution in [0.2, 0.25) is 0 Å². The van der Waals surface area contributed by atoms with Gasteiger partial charge in [-0.05, 0) is 49.7 Å². The first kappa shape index (κ1) is 13.6. The van der Waals surface area contributed by atoms with Crippen molar-refractivity contribution in [3.05, 3.63) is 48.7 Å². The molecule has 0 saturated carbocycles. The van der Waals surface area contributed by atoms with Crippen LogP contribution in [0.15, 0.2) is 48.7 Å². The number of ether oxygens (including phenoxy) is 1. The molecule has 2 heterocycles. The molecule has 1 unspecified atom stereocenters. The van der Waals surface area contributed by atoms with Crippen molar-refractivity contribution in [1.82, 2.24) is 10.3 Å². The first-order chi connectivity index (χ1) is 10.3. The molecule has 1 aliphatic rings. The molecule has 1 atom stereocenters. The Bertz CT molecular complexity index is 593. The number of hydrogen-bond acceptors (Lipinski definition) is 4. The van der Waals surface area contributed by atoms with Gasteiger partial charge in [-0.1, -0.05) is 6.07 Å². The summed E-state index contributed by atoms with van der Waals surface area (Å²) in [6.45, 7) is 0.912. The molecule has 0 radical (unpaired) electrons. The second-order valence-corrected chi connectivity index (χ2v) is 4.93. The maximum Gasteiger partial charge on any atom is 0.241 e. The Balaban J connectivity index is 1.60. The number of nitrogens with one attached hydrogen (secondary N) is 2. The summed E-state index contributed by atoms with van der Waals surface area (Å²) in [5.74, 6) is 1.25. The minimum atomic E-state index is -0.0746. The van der Waals surface area contributed by atoms with E-state index in [-0.39, 0.29) is 11.9 Å². The van der Waals surface area contributed by atoms with E-state index in [1.165, 1.54) is 0 Å². The molecular weight excluding hydrogens is 266 g/mol. The van der Waals surface area contributed by atoms with Gasteiger partial charge in [-0.3, -0.25) is 4.79 Å². The number of benzene rings is 1. The van der Waals surface area contributed by atoms with Crippen LogP contribution in [0.4, 0.5) is 5.69 Å². The summed E-state index contributed by atoms with van der Waals surface area (Å²) >= 11 is 0. The zero-order valence-corrected chi connectivity index (χ0v) is 11.6. The third-order valence-electron chi connectivity index (χ3n) is 3.36. The van der Waals surface area contributed by atoms with Gasteiger partial charge in [-0.2, -0.15) is 0 Å². The SMILES string of the molecule is O=C(Nc1ccc(Oc2ccccn2)cc1)C1CCCN1. The van der Waals surface area contributed by atoms with Crippen LogP contribution in [0, 0.1) is 0 Å². The minimum Gasteiger partial charge on any atom is -0.439 e. The Labute approximate surface area is 123 Å². The number of carbonyl (C=O) groups is 1. The molecule has 1 aromatic carbocycles. The number of pyridine rings is 1. The van der Waals surface area contributed by atoms with Crippen molar-refractivity contribution in [2.45, 2.75) is 18.9 Å². The van der Waals surface area contributed by atoms with Crippen LogP contribution in [0.1, 0.15) is 12.8 Å². The van der Waals surface area contributed by atoms with Crippen molar-refractivity contribution in [2.75, 3.05) is 11.9 Å². The van der Waals surface area contributed by atoms with Gasteiger partial charge in [0.25, 0.3) is 0 Å². The van der Waals surface area contributed by atoms with Crippen LogP contribution in [-0.2, 0) is 4.79 Å². The average molecular weight is 283 g/mol. The van der Waals surface area contributed by atoms with E-state index < -0.39 is 0 Å². The third-order valence-corrected chi connectivity index (χ3v) is 3.36. The van der Waals surface area contributed by atoms with Gasteiger partial charge < -0.3 is 15.4 Å². The van der Waals surface area contributed by atoms with Crippen LogP contribution in [0.25, 0.3) is 0 Å². The highest BCUT2D eigenvalue weighted by Gasteiger charge is 2.21. The molecule has 0 spiro atoms. The van der Waals surface area contributed by atoms with E-state index in [1.54, 1.807) is 12.3 Å². The maximum absolute atomic E-state index is 12.0. The first-order valence-corrected chi connectivity index (χ1v) is 7.04. The van der Waals surface area contributed by atoms with Crippen molar-refractivity contribution >= 4 is 11.6 Å². The van der Waals surface area contributed by atoms with Crippen LogP contribution < -0.4 is 15.4 Å². The molecule has 0 bridgehead atoms. The lowest BCUT2D eigenvalue weighted by molar-refractivity contribution is -0.117. The van der Waals surface area contributed by atoms with Crippen LogP contribution in [-0.4, -0.2) is 23.5 Å². The highest BCUT2D eigenvalue weighted by molar-refractivity contribution is 5.95. The number of rotatable bonds is 4. The van der Waals surface area contributed by atoms with Crippen LogP contribution >= 0.6 is 0 Å². The topological polar surface area (TPSA) is 63.2 Å². The molecule has 5 nitrogen and oxygen atoms in total. The van der Waals surface area contributed by atoms with Gasteiger partial charge in [0.1, 0.15) is 5.75 Å². The van der Waals surface area contributed by atoms with Gasteiger partial charge in [0.15, 0.2) is 0 Å². The zero-order chi connectivity index (χ0) is 14.5. The van der Waals surface area contributed by atoms with E-state index in [0.29, 0.717) is 11.6 Å². The highest BCUT2D eigenvalue weighted by Crippen LogP contribution is 2.21. The normalized spacial score (nSPS) is 17.4. The standard InChI is InChI=1S/C16H17N3O2/c20-16(14-4-3-11-17-14)19-12-6-8-13(9-7-12)21-15-5-1-2-10-18-15/h1-2,5-10,14,17H,3-4,11H2,(H,19,20). The van der Waals surface area contributed by atoms with Crippen molar-refractivity contribution < 1.29 is 9.53 Å². The molecule has 108 valence electrons. The lowest BCUT2D eigenvalue weighted by Gasteiger charge is -2.11. The van der Waals surface area contributed by atoms with Crippen molar-refractivity contribution in [3.63, 3.8) is 0 Å². The largest absolute Gasteiger partial charge is 0.439 e. The summed E-state index contributed by atoms with van der Waals surface area (Å²) in [5, 5.41) is 6.08. The molecular formula is C16H17N3O2. The Morgan fingerprint density at radius 3 is 2.76 bits per heavy atom. The predicted molar refractivity (Wildman–Crippen MR) is 80.4 cm³/mol. The molecule has 5 heteroatoms. The zero-order valence-electron chi connectivity index (χ0n) is 11.6. The number of hydrogen-bond donors (Lipinski definition) is 2. The second kappa shape index (κ2) is 6.37. The molecule has 2 aromatic rings. The van der Waals surface area contributed by atoms with Gasteiger partial charge in [-0.25, -0.2) is 4.98 Å². The highest BCUT2D eigenvalue weighted by atomic mass is 16.5. The second-order valence-electron chi connectivity index (χ2n) is 4.93. The molecule has 1 amide bonds. The summed E-state index contributed by atoms with van der Waals surface area (Å²) in [6.07, 6.45) is 3.63. The van der Waals surface area contributed by atoms with Gasteiger partial charge >= 0.3 is 0 Å². The Hall–Kier alpha value is -2.40. The molecule has 0 aliphatic carbocycles. The fraction of sp³-hybridized carbons (Fsp3) is 0.250. The van der Waals surface area contributed by atoms with E-state index in [2.05, 4.69) is 15.6 Å². The number of carbonyl (C=O) groups excluding carboxylic acids is 1. The van der Waals surface area contributed by atoms with E-state index in [9.17, 15) is 4.79 Å². The van der Waals surface area contributed by atoms with Crippen molar-refractivity contribution in [1.29, 1.82) is 0 Å². The van der Waals surface area contributed by atoms with Crippen molar-refractivity contribution in [3.8, 4) is 11.6 Å². The average Bonchev–Trinajstić information content (AvgIpc) is 3.05. The smallest absolute Gasteiger partial charge is 0.241 e. The summed E-state index contributed by atoms with van der Waals surface area (Å²) in [5.41, 5.74) is 0.766. The Morgan fingerprint density at radius 1 is 1.24 bits per heavy atom. The number of anilines is 1. The van der Waals surface area contributed by atoms with E-state index >= 15 is 0 Å². The predicted octanol–water partition coefficient (Wildman–Crippen LogP) is 2.56. The lowest BCUT2D eigenvalue weighted by atomic mass is 10.2. The molecule has 3 rings (SSSR count). The fourth-order valence-corrected chi connectivity index (χ4v) is 2.27. The number of amides is 1. The van der Waals surface area contributed by atoms with E-state index in [0.717, 1.165) is 25.1 Å². The third kappa shape index (κ3) is 3.58. The molecule has 1 aromatic heterocycles. The summed E-state index contributed by atoms with van der Waals surface area (Å²) in [4.78, 5) is 16.1. The fourth-order valence-electron chi connectivity index (χ4n) is 2.27. The first-order valence-electron chi connectivity index (χ1n) is 7.04. The maximum atomic E-state index is 12.0. The Morgan fingerprint density at radius 2 is 2.10 bits per heavy atom. The molecule has 1 saturated heterocycles. The number of aromatic nitrogens is 1.